The maximum atomic E-state index is 11.1. The normalized spacial score (nSPS) is 9.40. The molecular weight excluding hydrogens is 196 g/mol. The molecule has 4 heteroatoms. The van der Waals surface area contributed by atoms with Gasteiger partial charge in [0.2, 0.25) is 0 Å². The van der Waals surface area contributed by atoms with E-state index in [1.54, 1.807) is 6.08 Å². The highest BCUT2D eigenvalue weighted by atomic mass is 16.5. The Hall–Kier alpha value is -1.45. The van der Waals surface area contributed by atoms with Gasteiger partial charge in [0.05, 0.1) is 0 Å². The first-order chi connectivity index (χ1) is 7.06. The Kier molecular flexibility index (Phi) is 7.14. The molecular formula is C11H16O4. The number of ketones is 2. The Balaban J connectivity index is 3.57. The molecule has 15 heavy (non-hydrogen) atoms. The zero-order valence-corrected chi connectivity index (χ0v) is 8.95. The van der Waals surface area contributed by atoms with Crippen molar-refractivity contribution in [2.75, 3.05) is 6.61 Å². The van der Waals surface area contributed by atoms with Gasteiger partial charge >= 0.3 is 5.97 Å². The first-order valence-electron chi connectivity index (χ1n) is 4.84. The van der Waals surface area contributed by atoms with Crippen molar-refractivity contribution in [3.05, 3.63) is 12.7 Å². The maximum Gasteiger partial charge on any atom is 0.306 e. The van der Waals surface area contributed by atoms with Crippen LogP contribution in [0.3, 0.4) is 0 Å². The predicted octanol–water partition coefficient (Wildman–Crippen LogP) is 1.43. The molecule has 0 N–H and O–H groups in total. The highest BCUT2D eigenvalue weighted by Gasteiger charge is 2.07. The molecule has 0 bridgehead atoms. The van der Waals surface area contributed by atoms with E-state index in [0.717, 1.165) is 0 Å². The van der Waals surface area contributed by atoms with Crippen LogP contribution in [-0.4, -0.2) is 24.1 Å². The monoisotopic (exact) mass is 212 g/mol. The first-order valence-corrected chi connectivity index (χ1v) is 4.84. The van der Waals surface area contributed by atoms with E-state index >= 15 is 0 Å². The van der Waals surface area contributed by atoms with E-state index in [9.17, 15) is 14.4 Å². The molecule has 0 spiro atoms. The molecule has 0 aliphatic carbocycles. The van der Waals surface area contributed by atoms with Gasteiger partial charge in [0, 0.05) is 19.3 Å². The summed E-state index contributed by atoms with van der Waals surface area (Å²) in [4.78, 5) is 32.6. The minimum absolute atomic E-state index is 0.0404. The Morgan fingerprint density at radius 2 is 1.87 bits per heavy atom. The third kappa shape index (κ3) is 8.87. The van der Waals surface area contributed by atoms with Gasteiger partial charge < -0.3 is 9.53 Å². The highest BCUT2D eigenvalue weighted by molar-refractivity contribution is 5.86. The number of ether oxygens (including phenoxy) is 1. The average molecular weight is 212 g/mol. The second-order valence-electron chi connectivity index (χ2n) is 3.23. The standard InChI is InChI=1S/C11H16O4/c1-3-4-5-11(14)15-8-10(13)7-6-9(2)12/h3H,1,4-8H2,2H3. The lowest BCUT2D eigenvalue weighted by molar-refractivity contribution is -0.147. The van der Waals surface area contributed by atoms with Gasteiger partial charge in [-0.1, -0.05) is 6.08 Å². The van der Waals surface area contributed by atoms with Gasteiger partial charge in [-0.2, -0.15) is 0 Å². The van der Waals surface area contributed by atoms with Crippen LogP contribution < -0.4 is 0 Å². The maximum absolute atomic E-state index is 11.1. The number of hydrogen-bond acceptors (Lipinski definition) is 4. The summed E-state index contributed by atoms with van der Waals surface area (Å²) in [6.45, 7) is 4.65. The van der Waals surface area contributed by atoms with Gasteiger partial charge in [0.1, 0.15) is 12.4 Å². The number of allylic oxidation sites excluding steroid dienone is 1. The topological polar surface area (TPSA) is 60.4 Å². The highest BCUT2D eigenvalue weighted by Crippen LogP contribution is 1.96. The Labute approximate surface area is 89.3 Å². The summed E-state index contributed by atoms with van der Waals surface area (Å²) < 4.78 is 4.69. The molecule has 0 rings (SSSR count). The molecule has 0 saturated carbocycles. The summed E-state index contributed by atoms with van der Waals surface area (Å²) in [5.74, 6) is -0.676. The van der Waals surface area contributed by atoms with Gasteiger partial charge in [-0.15, -0.1) is 6.58 Å². The second-order valence-corrected chi connectivity index (χ2v) is 3.23. The van der Waals surface area contributed by atoms with Gasteiger partial charge in [0.25, 0.3) is 0 Å². The van der Waals surface area contributed by atoms with E-state index < -0.39 is 5.97 Å². The molecule has 0 aromatic carbocycles. The fourth-order valence-corrected chi connectivity index (χ4v) is 0.841. The van der Waals surface area contributed by atoms with E-state index in [4.69, 9.17) is 4.74 Å². The smallest absolute Gasteiger partial charge is 0.306 e. The number of Topliss-reactive ketones (excluding diaryl/α,β-unsaturated/α-hetero) is 2. The fourth-order valence-electron chi connectivity index (χ4n) is 0.841. The van der Waals surface area contributed by atoms with Crippen molar-refractivity contribution in [2.24, 2.45) is 0 Å². The van der Waals surface area contributed by atoms with Crippen LogP contribution in [0.4, 0.5) is 0 Å². The third-order valence-corrected chi connectivity index (χ3v) is 1.70. The summed E-state index contributed by atoms with van der Waals surface area (Å²) in [6.07, 6.45) is 2.75. The average Bonchev–Trinajstić information content (AvgIpc) is 2.20. The molecule has 0 aliphatic heterocycles. The van der Waals surface area contributed by atoms with E-state index in [1.807, 2.05) is 0 Å². The second kappa shape index (κ2) is 7.91. The summed E-state index contributed by atoms with van der Waals surface area (Å²) in [5, 5.41) is 0. The van der Waals surface area contributed by atoms with Gasteiger partial charge in [-0.25, -0.2) is 0 Å². The zero-order valence-electron chi connectivity index (χ0n) is 8.95. The molecule has 0 fully saturated rings. The largest absolute Gasteiger partial charge is 0.458 e. The molecule has 0 unspecified atom stereocenters. The molecule has 0 amide bonds. The summed E-state index contributed by atoms with van der Waals surface area (Å²) >= 11 is 0. The fraction of sp³-hybridized carbons (Fsp3) is 0.545. The van der Waals surface area contributed by atoms with Crippen molar-refractivity contribution >= 4 is 17.5 Å². The van der Waals surface area contributed by atoms with Crippen molar-refractivity contribution in [3.8, 4) is 0 Å². The number of hydrogen-bond donors (Lipinski definition) is 0. The Bertz CT molecular complexity index is 255. The SMILES string of the molecule is C=CCCC(=O)OCC(=O)CCC(C)=O. The van der Waals surface area contributed by atoms with Crippen molar-refractivity contribution in [1.29, 1.82) is 0 Å². The lowest BCUT2D eigenvalue weighted by Gasteiger charge is -2.02. The molecule has 4 nitrogen and oxygen atoms in total. The van der Waals surface area contributed by atoms with Crippen LogP contribution >= 0.6 is 0 Å². The van der Waals surface area contributed by atoms with E-state index in [1.165, 1.54) is 6.92 Å². The van der Waals surface area contributed by atoms with Crippen LogP contribution in [0.1, 0.15) is 32.6 Å². The third-order valence-electron chi connectivity index (χ3n) is 1.70. The van der Waals surface area contributed by atoms with E-state index in [2.05, 4.69) is 6.58 Å². The lowest BCUT2D eigenvalue weighted by Crippen LogP contribution is -2.14. The van der Waals surface area contributed by atoms with Crippen LogP contribution in [-0.2, 0) is 19.1 Å². The summed E-state index contributed by atoms with van der Waals surface area (Å²) in [5.41, 5.74) is 0. The quantitative estimate of drug-likeness (QED) is 0.451. The lowest BCUT2D eigenvalue weighted by atomic mass is 10.2. The number of carbonyl (C=O) groups excluding carboxylic acids is 3. The van der Waals surface area contributed by atoms with Gasteiger partial charge in [-0.05, 0) is 13.3 Å². The van der Waals surface area contributed by atoms with Gasteiger partial charge in [0.15, 0.2) is 5.78 Å². The van der Waals surface area contributed by atoms with Crippen LogP contribution in [0.15, 0.2) is 12.7 Å². The van der Waals surface area contributed by atoms with Crippen LogP contribution in [0, 0.1) is 0 Å². The molecule has 0 saturated heterocycles. The van der Waals surface area contributed by atoms with Crippen molar-refractivity contribution < 1.29 is 19.1 Å². The molecule has 84 valence electrons. The molecule has 0 heterocycles. The predicted molar refractivity (Wildman–Crippen MR) is 55.3 cm³/mol. The number of rotatable bonds is 8. The molecule has 0 atom stereocenters. The minimum atomic E-state index is -0.411. The molecule has 0 aliphatic rings. The van der Waals surface area contributed by atoms with Crippen molar-refractivity contribution in [3.63, 3.8) is 0 Å². The number of carbonyl (C=O) groups is 3. The molecule has 0 radical (unpaired) electrons. The Morgan fingerprint density at radius 3 is 2.40 bits per heavy atom. The van der Waals surface area contributed by atoms with Crippen LogP contribution in [0.25, 0.3) is 0 Å². The molecule has 0 aromatic heterocycles. The minimum Gasteiger partial charge on any atom is -0.458 e. The van der Waals surface area contributed by atoms with Crippen LogP contribution in [0.2, 0.25) is 0 Å². The number of esters is 1. The van der Waals surface area contributed by atoms with E-state index in [0.29, 0.717) is 6.42 Å². The van der Waals surface area contributed by atoms with Crippen molar-refractivity contribution in [2.45, 2.75) is 32.6 Å². The summed E-state index contributed by atoms with van der Waals surface area (Å²) in [7, 11) is 0. The Morgan fingerprint density at radius 1 is 1.20 bits per heavy atom. The summed E-state index contributed by atoms with van der Waals surface area (Å²) in [6, 6.07) is 0. The van der Waals surface area contributed by atoms with Crippen molar-refractivity contribution in [1.82, 2.24) is 0 Å². The van der Waals surface area contributed by atoms with E-state index in [-0.39, 0.29) is 37.4 Å². The zero-order chi connectivity index (χ0) is 11.7. The van der Waals surface area contributed by atoms with Gasteiger partial charge in [-0.3, -0.25) is 9.59 Å². The molecule has 0 aromatic rings. The van der Waals surface area contributed by atoms with Crippen LogP contribution in [0.5, 0.6) is 0 Å². The first kappa shape index (κ1) is 13.5.